The molecular formula is C30H32F2N3O6P. The number of aromatic carboxylic acids is 1. The molecule has 2 unspecified atom stereocenters. The van der Waals surface area contributed by atoms with Crippen molar-refractivity contribution in [2.75, 3.05) is 31.6 Å². The molecule has 2 heterocycles. The summed E-state index contributed by atoms with van der Waals surface area (Å²) in [6.45, 7) is 3.87. The quantitative estimate of drug-likeness (QED) is 0.257. The Bertz CT molecular complexity index is 1630. The maximum absolute atomic E-state index is 15.8. The van der Waals surface area contributed by atoms with Gasteiger partial charge < -0.3 is 19.1 Å². The normalized spacial score (nSPS) is 16.8. The van der Waals surface area contributed by atoms with Crippen LogP contribution >= 0.6 is 7.75 Å². The zero-order valence-corrected chi connectivity index (χ0v) is 24.3. The topological polar surface area (TPSA) is 101 Å². The van der Waals surface area contributed by atoms with Gasteiger partial charge in [0.1, 0.15) is 22.8 Å². The third-order valence-corrected chi connectivity index (χ3v) is 9.01. The van der Waals surface area contributed by atoms with Gasteiger partial charge in [0.05, 0.1) is 10.9 Å². The Morgan fingerprint density at radius 1 is 1.05 bits per heavy atom. The Labute approximate surface area is 242 Å². The van der Waals surface area contributed by atoms with Crippen LogP contribution in [0.4, 0.5) is 14.5 Å². The van der Waals surface area contributed by atoms with E-state index in [1.54, 1.807) is 44.2 Å². The molecule has 1 aliphatic heterocycles. The van der Waals surface area contributed by atoms with Gasteiger partial charge in [0.25, 0.3) is 0 Å². The number of anilines is 1. The molecule has 1 aromatic heterocycles. The number of para-hydroxylation sites is 1. The summed E-state index contributed by atoms with van der Waals surface area (Å²) in [5.41, 5.74) is -2.03. The van der Waals surface area contributed by atoms with E-state index >= 15 is 8.78 Å². The van der Waals surface area contributed by atoms with Crippen LogP contribution in [0.3, 0.4) is 0 Å². The molecule has 42 heavy (non-hydrogen) atoms. The number of hydrogen-bond donors (Lipinski definition) is 1. The van der Waals surface area contributed by atoms with Crippen LogP contribution in [0.25, 0.3) is 10.9 Å². The first kappa shape index (κ1) is 30.9. The van der Waals surface area contributed by atoms with Crippen molar-refractivity contribution in [3.63, 3.8) is 0 Å². The molecule has 0 aliphatic carbocycles. The summed E-state index contributed by atoms with van der Waals surface area (Å²) in [5, 5.41) is 8.97. The van der Waals surface area contributed by atoms with Crippen LogP contribution in [0.2, 0.25) is 0 Å². The first-order valence-electron chi connectivity index (χ1n) is 13.3. The summed E-state index contributed by atoms with van der Waals surface area (Å²) in [7, 11) is -2.47. The molecule has 1 saturated heterocycles. The second-order valence-corrected chi connectivity index (χ2v) is 11.5. The highest BCUT2D eigenvalue weighted by Crippen LogP contribution is 2.53. The fraction of sp³-hybridized carbons (Fsp3) is 0.267. The van der Waals surface area contributed by atoms with E-state index in [1.165, 1.54) is 21.2 Å². The third kappa shape index (κ3) is 6.38. The molecule has 9 nitrogen and oxygen atoms in total. The molecule has 1 N–H and O–H groups in total. The molecule has 5 rings (SSSR count). The minimum atomic E-state index is -3.75. The fourth-order valence-corrected chi connectivity index (χ4v) is 6.54. The van der Waals surface area contributed by atoms with Crippen LogP contribution in [0, 0.1) is 11.6 Å². The van der Waals surface area contributed by atoms with E-state index in [4.69, 9.17) is 9.05 Å². The standard InChI is InChI=1S/C24H26F2N3O6P.C6H6/c1-4-27-14-18(24(31)32)23(30)17-12-19(25)22(20(26)21(17)27)28-10-11-29(15(2)13-28)36(33,34-3)35-16-8-6-5-7-9-16;1-2-4-6-5-3-1/h5-9,12,14-15H,4,10-11,13H2,1-3H3,(H,31,32);1-6H. The van der Waals surface area contributed by atoms with Crippen molar-refractivity contribution in [1.29, 1.82) is 0 Å². The molecule has 1 fully saturated rings. The lowest BCUT2D eigenvalue weighted by molar-refractivity contribution is 0.0694. The lowest BCUT2D eigenvalue weighted by Gasteiger charge is -2.42. The number of carbonyl (C=O) groups is 1. The second kappa shape index (κ2) is 13.3. The van der Waals surface area contributed by atoms with E-state index in [1.807, 2.05) is 36.4 Å². The van der Waals surface area contributed by atoms with Crippen LogP contribution < -0.4 is 14.9 Å². The molecular weight excluding hydrogens is 567 g/mol. The van der Waals surface area contributed by atoms with Gasteiger partial charge in [0.15, 0.2) is 5.82 Å². The number of piperazine rings is 1. The number of pyridine rings is 1. The van der Waals surface area contributed by atoms with Crippen LogP contribution in [0.5, 0.6) is 5.75 Å². The highest BCUT2D eigenvalue weighted by molar-refractivity contribution is 7.51. The maximum Gasteiger partial charge on any atom is 0.461 e. The van der Waals surface area contributed by atoms with Crippen molar-refractivity contribution >= 4 is 30.3 Å². The summed E-state index contributed by atoms with van der Waals surface area (Å²) < 4.78 is 58.3. The number of carboxylic acid groups (broad SMARTS) is 1. The molecule has 12 heteroatoms. The summed E-state index contributed by atoms with van der Waals surface area (Å²) in [6.07, 6.45) is 1.06. The Morgan fingerprint density at radius 2 is 1.64 bits per heavy atom. The molecule has 0 amide bonds. The number of carboxylic acids is 1. The smallest absolute Gasteiger partial charge is 0.461 e. The van der Waals surface area contributed by atoms with Gasteiger partial charge in [0.2, 0.25) is 5.43 Å². The fourth-order valence-electron chi connectivity index (χ4n) is 4.88. The highest BCUT2D eigenvalue weighted by Gasteiger charge is 2.41. The molecule has 0 saturated carbocycles. The number of hydrogen-bond acceptors (Lipinski definition) is 6. The highest BCUT2D eigenvalue weighted by atomic mass is 31.2. The zero-order valence-electron chi connectivity index (χ0n) is 23.4. The van der Waals surface area contributed by atoms with Crippen molar-refractivity contribution in [3.8, 4) is 5.75 Å². The number of nitrogens with zero attached hydrogens (tertiary/aromatic N) is 3. The number of rotatable bonds is 7. The lowest BCUT2D eigenvalue weighted by atomic mass is 10.1. The number of halogens is 2. The molecule has 2 atom stereocenters. The number of aromatic nitrogens is 1. The van der Waals surface area contributed by atoms with E-state index in [9.17, 15) is 19.3 Å². The Kier molecular flexibility index (Phi) is 9.78. The largest absolute Gasteiger partial charge is 0.477 e. The predicted molar refractivity (Wildman–Crippen MR) is 157 cm³/mol. The minimum absolute atomic E-state index is 0.0917. The first-order valence-corrected chi connectivity index (χ1v) is 14.8. The Morgan fingerprint density at radius 3 is 2.17 bits per heavy atom. The van der Waals surface area contributed by atoms with Crippen LogP contribution in [0.15, 0.2) is 83.8 Å². The van der Waals surface area contributed by atoms with E-state index in [-0.39, 0.29) is 42.8 Å². The van der Waals surface area contributed by atoms with Gasteiger partial charge in [-0.15, -0.1) is 0 Å². The SMILES string of the molecule is CCn1cc(C(=O)O)c(=O)c2cc(F)c(N3CCN(P(=O)(OC)Oc4ccccc4)C(C)C3)c(F)c21.c1ccccc1. The summed E-state index contributed by atoms with van der Waals surface area (Å²) >= 11 is 0. The van der Waals surface area contributed by atoms with Crippen molar-refractivity contribution in [2.45, 2.75) is 26.4 Å². The molecule has 0 spiro atoms. The third-order valence-electron chi connectivity index (χ3n) is 6.89. The van der Waals surface area contributed by atoms with Crippen molar-refractivity contribution in [1.82, 2.24) is 9.24 Å². The molecule has 1 aliphatic rings. The monoisotopic (exact) mass is 599 g/mol. The van der Waals surface area contributed by atoms with Crippen LogP contribution in [-0.2, 0) is 15.6 Å². The average Bonchev–Trinajstić information content (AvgIpc) is 2.99. The maximum atomic E-state index is 15.8. The van der Waals surface area contributed by atoms with Crippen LogP contribution in [-0.4, -0.2) is 53.1 Å². The van der Waals surface area contributed by atoms with Crippen molar-refractivity contribution in [2.24, 2.45) is 0 Å². The number of aryl methyl sites for hydroxylation is 1. The van der Waals surface area contributed by atoms with Gasteiger partial charge in [-0.3, -0.25) is 9.32 Å². The summed E-state index contributed by atoms with van der Waals surface area (Å²) in [5.74, 6) is -3.06. The predicted octanol–water partition coefficient (Wildman–Crippen LogP) is 6.03. The summed E-state index contributed by atoms with van der Waals surface area (Å²) in [6, 6.07) is 21.0. The van der Waals surface area contributed by atoms with Crippen molar-refractivity contribution in [3.05, 3.63) is 106 Å². The molecule has 3 aromatic carbocycles. The zero-order chi connectivity index (χ0) is 30.4. The van der Waals surface area contributed by atoms with Crippen molar-refractivity contribution < 1.29 is 32.3 Å². The molecule has 0 radical (unpaired) electrons. The number of fused-ring (bicyclic) bond motifs is 1. The Balaban J connectivity index is 0.000000600. The van der Waals surface area contributed by atoms with Gasteiger partial charge in [-0.25, -0.2) is 18.1 Å². The van der Waals surface area contributed by atoms with Gasteiger partial charge in [-0.1, -0.05) is 54.6 Å². The molecule has 0 bridgehead atoms. The van der Waals surface area contributed by atoms with E-state index in [0.29, 0.717) is 5.75 Å². The summed E-state index contributed by atoms with van der Waals surface area (Å²) in [4.78, 5) is 25.5. The average molecular weight is 600 g/mol. The van der Waals surface area contributed by atoms with Gasteiger partial charge in [-0.2, -0.15) is 4.67 Å². The first-order chi connectivity index (χ1) is 20.1. The minimum Gasteiger partial charge on any atom is -0.477 e. The molecule has 222 valence electrons. The lowest BCUT2D eigenvalue weighted by Crippen LogP contribution is -2.51. The Hall–Kier alpha value is -4.05. The van der Waals surface area contributed by atoms with Crippen LogP contribution in [0.1, 0.15) is 24.2 Å². The van der Waals surface area contributed by atoms with E-state index in [0.717, 1.165) is 12.3 Å². The number of benzene rings is 3. The van der Waals surface area contributed by atoms with E-state index < -0.39 is 42.4 Å². The van der Waals surface area contributed by atoms with E-state index in [2.05, 4.69) is 0 Å². The van der Waals surface area contributed by atoms with Gasteiger partial charge in [-0.05, 0) is 32.0 Å². The second-order valence-electron chi connectivity index (χ2n) is 9.55. The van der Waals surface area contributed by atoms with Gasteiger partial charge in [0, 0.05) is 45.5 Å². The molecule has 4 aromatic rings. The van der Waals surface area contributed by atoms with Gasteiger partial charge >= 0.3 is 13.7 Å².